The zero-order valence-electron chi connectivity index (χ0n) is 10.0. The van der Waals surface area contributed by atoms with Crippen LogP contribution in [0.15, 0.2) is 0 Å². The maximum absolute atomic E-state index is 11.9. The van der Waals surface area contributed by atoms with Gasteiger partial charge in [-0.25, -0.2) is 0 Å². The molecular weight excluding hydrogens is 236 g/mol. The van der Waals surface area contributed by atoms with E-state index in [-0.39, 0.29) is 5.91 Å². The smallest absolute Gasteiger partial charge is 0.241 e. The highest BCUT2D eigenvalue weighted by atomic mass is 32.1. The number of carbonyl (C=O) groups excluding carboxylic acids is 1. The second-order valence-corrected chi connectivity index (χ2v) is 5.09. The largest absolute Gasteiger partial charge is 0.383 e. The molecule has 94 valence electrons. The fourth-order valence-corrected chi connectivity index (χ4v) is 2.63. The highest BCUT2D eigenvalue weighted by Crippen LogP contribution is 2.24. The van der Waals surface area contributed by atoms with E-state index in [1.165, 1.54) is 18.0 Å². The minimum absolute atomic E-state index is 0.163. The summed E-state index contributed by atoms with van der Waals surface area (Å²) in [5, 5.41) is 4.01. The quantitative estimate of drug-likeness (QED) is 0.856. The van der Waals surface area contributed by atoms with Gasteiger partial charge in [-0.05, 0) is 37.7 Å². The number of nitrogens with zero attached hydrogens (tertiary/aromatic N) is 2. The molecule has 6 heteroatoms. The van der Waals surface area contributed by atoms with Crippen LogP contribution in [0.25, 0.3) is 0 Å². The summed E-state index contributed by atoms with van der Waals surface area (Å²) in [5.74, 6) is 0.707. The Morgan fingerprint density at radius 3 is 2.76 bits per heavy atom. The Bertz CT molecular complexity index is 398. The van der Waals surface area contributed by atoms with Gasteiger partial charge in [-0.3, -0.25) is 4.79 Å². The van der Waals surface area contributed by atoms with Crippen LogP contribution in [-0.4, -0.2) is 34.8 Å². The van der Waals surface area contributed by atoms with Crippen molar-refractivity contribution in [2.24, 2.45) is 0 Å². The van der Waals surface area contributed by atoms with Gasteiger partial charge in [0.25, 0.3) is 0 Å². The lowest BCUT2D eigenvalue weighted by atomic mass is 10.1. The van der Waals surface area contributed by atoms with Crippen molar-refractivity contribution >= 4 is 28.3 Å². The molecule has 2 heterocycles. The summed E-state index contributed by atoms with van der Waals surface area (Å²) in [7, 11) is 0. The molecule has 1 aliphatic heterocycles. The third-order valence-electron chi connectivity index (χ3n) is 3.07. The van der Waals surface area contributed by atoms with Crippen LogP contribution in [0.5, 0.6) is 0 Å². The lowest BCUT2D eigenvalue weighted by Crippen LogP contribution is -2.39. The van der Waals surface area contributed by atoms with E-state index in [1.807, 2.05) is 11.8 Å². The Hall–Kier alpha value is -1.30. The van der Waals surface area contributed by atoms with Crippen LogP contribution in [0.3, 0.4) is 0 Å². The van der Waals surface area contributed by atoms with Crippen LogP contribution in [0.2, 0.25) is 0 Å². The van der Waals surface area contributed by atoms with Crippen molar-refractivity contribution in [1.29, 1.82) is 0 Å². The summed E-state index contributed by atoms with van der Waals surface area (Å²) in [6.45, 7) is 4.03. The van der Waals surface area contributed by atoms with Crippen molar-refractivity contribution in [1.82, 2.24) is 9.27 Å². The molecule has 0 bridgehead atoms. The lowest BCUT2D eigenvalue weighted by Gasteiger charge is -2.26. The molecule has 1 aromatic rings. The summed E-state index contributed by atoms with van der Waals surface area (Å²) in [6.07, 6.45) is 3.48. The number of likely N-dealkylation sites (tertiary alicyclic amines) is 1. The van der Waals surface area contributed by atoms with Gasteiger partial charge in [0.2, 0.25) is 5.91 Å². The molecular formula is C11H18N4OS. The first kappa shape index (κ1) is 12.2. The Balaban J connectivity index is 1.85. The minimum Gasteiger partial charge on any atom is -0.383 e. The van der Waals surface area contributed by atoms with Crippen LogP contribution < -0.4 is 11.1 Å². The number of nitrogens with two attached hydrogens (primary N) is 1. The third-order valence-corrected chi connectivity index (χ3v) is 3.99. The molecule has 0 spiro atoms. The van der Waals surface area contributed by atoms with Gasteiger partial charge in [0, 0.05) is 18.7 Å². The maximum Gasteiger partial charge on any atom is 0.241 e. The number of nitrogens with one attached hydrogen (secondary N) is 1. The molecule has 2 rings (SSSR count). The van der Waals surface area contributed by atoms with E-state index >= 15 is 0 Å². The minimum atomic E-state index is 0.163. The van der Waals surface area contributed by atoms with Gasteiger partial charge in [-0.15, -0.1) is 0 Å². The number of rotatable bonds is 3. The predicted molar refractivity (Wildman–Crippen MR) is 70.2 cm³/mol. The van der Waals surface area contributed by atoms with E-state index in [0.717, 1.165) is 36.5 Å². The fraction of sp³-hybridized carbons (Fsp3) is 0.636. The van der Waals surface area contributed by atoms with E-state index in [9.17, 15) is 4.79 Å². The number of aromatic nitrogens is 1. The molecule has 1 aliphatic rings. The summed E-state index contributed by atoms with van der Waals surface area (Å²) in [6, 6.07) is 0. The van der Waals surface area contributed by atoms with Gasteiger partial charge in [-0.2, -0.15) is 4.37 Å². The molecule has 17 heavy (non-hydrogen) atoms. The van der Waals surface area contributed by atoms with E-state index in [2.05, 4.69) is 9.69 Å². The van der Waals surface area contributed by atoms with Crippen molar-refractivity contribution < 1.29 is 4.79 Å². The lowest BCUT2D eigenvalue weighted by molar-refractivity contribution is -0.130. The Morgan fingerprint density at radius 1 is 1.47 bits per heavy atom. The molecule has 0 atom stereocenters. The second kappa shape index (κ2) is 5.35. The van der Waals surface area contributed by atoms with Crippen LogP contribution in [-0.2, 0) is 4.79 Å². The molecule has 3 N–H and O–H groups in total. The molecule has 1 saturated heterocycles. The number of anilines is 2. The zero-order valence-corrected chi connectivity index (χ0v) is 10.8. The number of piperidine rings is 1. The first-order valence-electron chi connectivity index (χ1n) is 5.92. The SMILES string of the molecule is Cc1c(N)nsc1NCC(=O)N1CCCCC1. The second-order valence-electron chi connectivity index (χ2n) is 4.32. The van der Waals surface area contributed by atoms with Crippen LogP contribution in [0, 0.1) is 6.92 Å². The van der Waals surface area contributed by atoms with Crippen molar-refractivity contribution in [3.05, 3.63) is 5.56 Å². The van der Waals surface area contributed by atoms with Gasteiger partial charge in [-0.1, -0.05) is 0 Å². The Labute approximate surface area is 105 Å². The van der Waals surface area contributed by atoms with Crippen LogP contribution >= 0.6 is 11.5 Å². The third kappa shape index (κ3) is 2.88. The molecule has 0 unspecified atom stereocenters. The molecule has 0 radical (unpaired) electrons. The Kier molecular flexibility index (Phi) is 3.83. The first-order chi connectivity index (χ1) is 8.18. The highest BCUT2D eigenvalue weighted by molar-refractivity contribution is 7.10. The molecule has 0 aliphatic carbocycles. The number of nitrogen functional groups attached to an aromatic ring is 1. The number of hydrogen-bond donors (Lipinski definition) is 2. The highest BCUT2D eigenvalue weighted by Gasteiger charge is 2.16. The van der Waals surface area contributed by atoms with E-state index < -0.39 is 0 Å². The molecule has 1 aromatic heterocycles. The molecule has 1 fully saturated rings. The van der Waals surface area contributed by atoms with Gasteiger partial charge in [0.1, 0.15) is 10.8 Å². The topological polar surface area (TPSA) is 71.2 Å². The number of hydrogen-bond acceptors (Lipinski definition) is 5. The van der Waals surface area contributed by atoms with E-state index in [1.54, 1.807) is 0 Å². The number of amides is 1. The van der Waals surface area contributed by atoms with Crippen molar-refractivity contribution in [3.8, 4) is 0 Å². The van der Waals surface area contributed by atoms with Gasteiger partial charge < -0.3 is 16.0 Å². The summed E-state index contributed by atoms with van der Waals surface area (Å²) < 4.78 is 4.04. The Morgan fingerprint density at radius 2 is 2.18 bits per heavy atom. The molecule has 0 saturated carbocycles. The first-order valence-corrected chi connectivity index (χ1v) is 6.69. The van der Waals surface area contributed by atoms with Crippen molar-refractivity contribution in [3.63, 3.8) is 0 Å². The van der Waals surface area contributed by atoms with Gasteiger partial charge >= 0.3 is 0 Å². The molecule has 0 aromatic carbocycles. The zero-order chi connectivity index (χ0) is 12.3. The monoisotopic (exact) mass is 254 g/mol. The van der Waals surface area contributed by atoms with Crippen molar-refractivity contribution in [2.45, 2.75) is 26.2 Å². The molecule has 5 nitrogen and oxygen atoms in total. The molecule has 1 amide bonds. The average Bonchev–Trinajstić information content (AvgIpc) is 2.68. The maximum atomic E-state index is 11.9. The normalized spacial score (nSPS) is 15.9. The standard InChI is InChI=1S/C11H18N4OS/c1-8-10(12)14-17-11(8)13-7-9(16)15-5-3-2-4-6-15/h13H,2-7H2,1H3,(H2,12,14). The van der Waals surface area contributed by atoms with Crippen LogP contribution in [0.1, 0.15) is 24.8 Å². The predicted octanol–water partition coefficient (Wildman–Crippen LogP) is 1.46. The summed E-state index contributed by atoms with van der Waals surface area (Å²) in [4.78, 5) is 13.8. The number of carbonyl (C=O) groups is 1. The van der Waals surface area contributed by atoms with Crippen molar-refractivity contribution in [2.75, 3.05) is 30.7 Å². The fourth-order valence-electron chi connectivity index (χ4n) is 1.92. The van der Waals surface area contributed by atoms with Gasteiger partial charge in [0.05, 0.1) is 6.54 Å². The van der Waals surface area contributed by atoms with Crippen LogP contribution in [0.4, 0.5) is 10.8 Å². The van der Waals surface area contributed by atoms with E-state index in [4.69, 9.17) is 5.73 Å². The average molecular weight is 254 g/mol. The summed E-state index contributed by atoms with van der Waals surface area (Å²) >= 11 is 1.31. The van der Waals surface area contributed by atoms with E-state index in [0.29, 0.717) is 12.4 Å². The summed E-state index contributed by atoms with van der Waals surface area (Å²) in [5.41, 5.74) is 6.59. The van der Waals surface area contributed by atoms with Gasteiger partial charge in [0.15, 0.2) is 0 Å².